The molecule has 1 atom stereocenters. The van der Waals surface area contributed by atoms with Gasteiger partial charge in [0.05, 0.1) is 17.6 Å². The maximum atomic E-state index is 12.4. The van der Waals surface area contributed by atoms with Crippen molar-refractivity contribution in [3.8, 4) is 0 Å². The summed E-state index contributed by atoms with van der Waals surface area (Å²) in [5, 5.41) is 1.95. The number of benzene rings is 1. The van der Waals surface area contributed by atoms with Crippen molar-refractivity contribution in [2.24, 2.45) is 0 Å². The van der Waals surface area contributed by atoms with Crippen LogP contribution in [0.2, 0.25) is 0 Å². The van der Waals surface area contributed by atoms with E-state index in [-0.39, 0.29) is 12.0 Å². The molecule has 116 valence electrons. The Balaban J connectivity index is 1.47. The Labute approximate surface area is 135 Å². The first kappa shape index (κ1) is 15.3. The number of carbonyl (C=O) groups excluding carboxylic acids is 1. The van der Waals surface area contributed by atoms with Gasteiger partial charge >= 0.3 is 0 Å². The lowest BCUT2D eigenvalue weighted by atomic mass is 10.1. The number of aryl methyl sites for hydroxylation is 1. The van der Waals surface area contributed by atoms with E-state index in [1.807, 2.05) is 28.5 Å². The van der Waals surface area contributed by atoms with Crippen molar-refractivity contribution in [3.05, 3.63) is 58.3 Å². The highest BCUT2D eigenvalue weighted by molar-refractivity contribution is 7.12. The van der Waals surface area contributed by atoms with Gasteiger partial charge in [-0.1, -0.05) is 36.4 Å². The van der Waals surface area contributed by atoms with Gasteiger partial charge in [0.25, 0.3) is 5.91 Å². The maximum absolute atomic E-state index is 12.4. The molecule has 1 amide bonds. The summed E-state index contributed by atoms with van der Waals surface area (Å²) in [7, 11) is 0. The van der Waals surface area contributed by atoms with Crippen LogP contribution in [0.1, 0.15) is 28.1 Å². The summed E-state index contributed by atoms with van der Waals surface area (Å²) in [6.07, 6.45) is 3.33. The normalized spacial score (nSPS) is 18.4. The number of ether oxygens (including phenoxy) is 1. The topological polar surface area (TPSA) is 29.5 Å². The van der Waals surface area contributed by atoms with Crippen LogP contribution in [0.25, 0.3) is 0 Å². The van der Waals surface area contributed by atoms with Crippen molar-refractivity contribution in [2.75, 3.05) is 19.7 Å². The van der Waals surface area contributed by atoms with E-state index in [1.165, 1.54) is 16.9 Å². The highest BCUT2D eigenvalue weighted by Crippen LogP contribution is 2.17. The van der Waals surface area contributed by atoms with Crippen LogP contribution in [-0.4, -0.2) is 36.6 Å². The molecule has 1 aromatic heterocycles. The van der Waals surface area contributed by atoms with Gasteiger partial charge in [-0.15, -0.1) is 11.3 Å². The Hall–Kier alpha value is -1.65. The molecular weight excluding hydrogens is 294 g/mol. The second-order valence-corrected chi connectivity index (χ2v) is 6.55. The molecule has 1 saturated heterocycles. The highest BCUT2D eigenvalue weighted by Gasteiger charge is 2.25. The maximum Gasteiger partial charge on any atom is 0.264 e. The van der Waals surface area contributed by atoms with Gasteiger partial charge in [-0.05, 0) is 36.3 Å². The van der Waals surface area contributed by atoms with Gasteiger partial charge in [-0.25, -0.2) is 0 Å². The molecule has 0 unspecified atom stereocenters. The van der Waals surface area contributed by atoms with Crippen LogP contribution in [-0.2, 0) is 11.2 Å². The molecule has 0 N–H and O–H groups in total. The summed E-state index contributed by atoms with van der Waals surface area (Å²) in [6.45, 7) is 2.06. The zero-order chi connectivity index (χ0) is 15.2. The van der Waals surface area contributed by atoms with E-state index in [4.69, 9.17) is 4.74 Å². The smallest absolute Gasteiger partial charge is 0.264 e. The fourth-order valence-electron chi connectivity index (χ4n) is 2.81. The van der Waals surface area contributed by atoms with Crippen LogP contribution in [0.3, 0.4) is 0 Å². The van der Waals surface area contributed by atoms with E-state index >= 15 is 0 Å². The Kier molecular flexibility index (Phi) is 5.24. The summed E-state index contributed by atoms with van der Waals surface area (Å²) >= 11 is 1.51. The van der Waals surface area contributed by atoms with Gasteiger partial charge < -0.3 is 9.64 Å². The third kappa shape index (κ3) is 3.96. The van der Waals surface area contributed by atoms with Gasteiger partial charge in [-0.2, -0.15) is 0 Å². The number of morpholine rings is 1. The predicted octanol–water partition coefficient (Wildman–Crippen LogP) is 3.61. The van der Waals surface area contributed by atoms with Crippen molar-refractivity contribution in [2.45, 2.75) is 25.4 Å². The SMILES string of the molecule is O=C(c1cccs1)N1CCO[C@H](CCCc2ccccc2)C1. The van der Waals surface area contributed by atoms with Crippen LogP contribution < -0.4 is 0 Å². The average molecular weight is 315 g/mol. The van der Waals surface area contributed by atoms with Gasteiger partial charge in [-0.3, -0.25) is 4.79 Å². The zero-order valence-corrected chi connectivity index (χ0v) is 13.4. The van der Waals surface area contributed by atoms with E-state index in [0.29, 0.717) is 19.7 Å². The van der Waals surface area contributed by atoms with Crippen LogP contribution in [0, 0.1) is 0 Å². The highest BCUT2D eigenvalue weighted by atomic mass is 32.1. The molecule has 0 aliphatic carbocycles. The van der Waals surface area contributed by atoms with Crippen molar-refractivity contribution < 1.29 is 9.53 Å². The summed E-state index contributed by atoms with van der Waals surface area (Å²) in [4.78, 5) is 15.1. The number of amides is 1. The minimum atomic E-state index is 0.145. The molecule has 1 aliphatic heterocycles. The lowest BCUT2D eigenvalue weighted by Gasteiger charge is -2.32. The summed E-state index contributed by atoms with van der Waals surface area (Å²) in [6, 6.07) is 14.3. The van der Waals surface area contributed by atoms with Gasteiger partial charge in [0, 0.05) is 13.1 Å². The Morgan fingerprint density at radius 3 is 2.86 bits per heavy atom. The molecule has 0 radical (unpaired) electrons. The third-order valence-electron chi connectivity index (χ3n) is 3.99. The van der Waals surface area contributed by atoms with E-state index in [0.717, 1.165) is 24.1 Å². The molecule has 1 fully saturated rings. The Morgan fingerprint density at radius 2 is 2.09 bits per heavy atom. The molecule has 0 spiro atoms. The molecule has 2 aromatic rings. The first-order valence-corrected chi connectivity index (χ1v) is 8.69. The molecule has 3 nitrogen and oxygen atoms in total. The summed E-state index contributed by atoms with van der Waals surface area (Å²) in [5.41, 5.74) is 1.37. The minimum Gasteiger partial charge on any atom is -0.375 e. The standard InChI is InChI=1S/C18H21NO2S/c20-18(17-10-5-13-22-17)19-11-12-21-16(14-19)9-4-8-15-6-2-1-3-7-15/h1-3,5-7,10,13,16H,4,8-9,11-12,14H2/t16-/m1/s1. The molecular formula is C18H21NO2S. The van der Waals surface area contributed by atoms with Gasteiger partial charge in [0.2, 0.25) is 0 Å². The molecule has 2 heterocycles. The minimum absolute atomic E-state index is 0.145. The van der Waals surface area contributed by atoms with E-state index in [1.54, 1.807) is 0 Å². The number of thiophene rings is 1. The van der Waals surface area contributed by atoms with Gasteiger partial charge in [0.15, 0.2) is 0 Å². The number of nitrogens with zero attached hydrogens (tertiary/aromatic N) is 1. The fourth-order valence-corrected chi connectivity index (χ4v) is 3.50. The lowest BCUT2D eigenvalue weighted by Crippen LogP contribution is -2.45. The first-order chi connectivity index (χ1) is 10.8. The van der Waals surface area contributed by atoms with Crippen LogP contribution in [0.15, 0.2) is 47.8 Å². The summed E-state index contributed by atoms with van der Waals surface area (Å²) in [5.74, 6) is 0.145. The number of hydrogen-bond acceptors (Lipinski definition) is 3. The van der Waals surface area contributed by atoms with Crippen LogP contribution in [0.5, 0.6) is 0 Å². The quantitative estimate of drug-likeness (QED) is 0.843. The predicted molar refractivity (Wildman–Crippen MR) is 89.3 cm³/mol. The molecule has 1 aliphatic rings. The van der Waals surface area contributed by atoms with Crippen molar-refractivity contribution in [3.63, 3.8) is 0 Å². The molecule has 22 heavy (non-hydrogen) atoms. The summed E-state index contributed by atoms with van der Waals surface area (Å²) < 4.78 is 5.82. The number of rotatable bonds is 5. The fraction of sp³-hybridized carbons (Fsp3) is 0.389. The Morgan fingerprint density at radius 1 is 1.23 bits per heavy atom. The second-order valence-electron chi connectivity index (χ2n) is 5.60. The van der Waals surface area contributed by atoms with E-state index in [2.05, 4.69) is 24.3 Å². The van der Waals surface area contributed by atoms with E-state index < -0.39 is 0 Å². The van der Waals surface area contributed by atoms with Crippen molar-refractivity contribution in [1.29, 1.82) is 0 Å². The third-order valence-corrected chi connectivity index (χ3v) is 4.85. The molecule has 0 bridgehead atoms. The Bertz CT molecular complexity index is 582. The number of carbonyl (C=O) groups is 1. The molecule has 3 rings (SSSR count). The monoisotopic (exact) mass is 315 g/mol. The van der Waals surface area contributed by atoms with Crippen molar-refractivity contribution >= 4 is 17.2 Å². The van der Waals surface area contributed by atoms with Crippen LogP contribution in [0.4, 0.5) is 0 Å². The zero-order valence-electron chi connectivity index (χ0n) is 12.6. The lowest BCUT2D eigenvalue weighted by molar-refractivity contribution is -0.0253. The molecule has 4 heteroatoms. The van der Waals surface area contributed by atoms with Gasteiger partial charge in [0.1, 0.15) is 0 Å². The second kappa shape index (κ2) is 7.56. The molecule has 0 saturated carbocycles. The van der Waals surface area contributed by atoms with Crippen molar-refractivity contribution in [1.82, 2.24) is 4.90 Å². The number of hydrogen-bond donors (Lipinski definition) is 0. The average Bonchev–Trinajstić information content (AvgIpc) is 3.10. The van der Waals surface area contributed by atoms with Crippen LogP contribution >= 0.6 is 11.3 Å². The van der Waals surface area contributed by atoms with E-state index in [9.17, 15) is 4.79 Å². The first-order valence-electron chi connectivity index (χ1n) is 7.81. The largest absolute Gasteiger partial charge is 0.375 e. The molecule has 1 aromatic carbocycles.